The Morgan fingerprint density at radius 3 is 2.34 bits per heavy atom. The topological polar surface area (TPSA) is 87.9 Å². The van der Waals surface area contributed by atoms with E-state index in [0.717, 1.165) is 0 Å². The number of ether oxygens (including phenoxy) is 3. The molecule has 2 aromatic carbocycles. The molecule has 1 aliphatic rings. The standard InChI is InChI=1S/C24H20ClNO6/c1-14-20(26-21(30-14)17-6-4-5-7-19(17)25)13-29-16-10-8-15(9-11-16)12-18-22(27)31-24(2,3)32-23(18)28/h4-12H,13H2,1-3H3. The van der Waals surface area contributed by atoms with Crippen molar-refractivity contribution in [3.8, 4) is 17.2 Å². The van der Waals surface area contributed by atoms with Crippen molar-refractivity contribution < 1.29 is 28.2 Å². The van der Waals surface area contributed by atoms with Crippen LogP contribution in [0.5, 0.6) is 5.75 Å². The summed E-state index contributed by atoms with van der Waals surface area (Å²) < 4.78 is 21.7. The van der Waals surface area contributed by atoms with Crippen molar-refractivity contribution in [2.45, 2.75) is 33.2 Å². The van der Waals surface area contributed by atoms with Gasteiger partial charge in [-0.25, -0.2) is 14.6 Å². The molecule has 32 heavy (non-hydrogen) atoms. The van der Waals surface area contributed by atoms with Gasteiger partial charge in [0.2, 0.25) is 5.89 Å². The van der Waals surface area contributed by atoms with Crippen LogP contribution in [0.1, 0.15) is 30.9 Å². The molecule has 0 N–H and O–H groups in total. The SMILES string of the molecule is Cc1oc(-c2ccccc2Cl)nc1COc1ccc(C=C2C(=O)OC(C)(C)OC2=O)cc1. The second-order valence-electron chi connectivity index (χ2n) is 7.60. The van der Waals surface area contributed by atoms with E-state index in [1.165, 1.54) is 19.9 Å². The van der Waals surface area contributed by atoms with E-state index in [4.69, 9.17) is 30.2 Å². The molecule has 0 aliphatic carbocycles. The fraction of sp³-hybridized carbons (Fsp3) is 0.208. The Balaban J connectivity index is 1.44. The number of benzene rings is 2. The van der Waals surface area contributed by atoms with E-state index in [9.17, 15) is 9.59 Å². The Bertz CT molecular complexity index is 1190. The Morgan fingerprint density at radius 2 is 1.69 bits per heavy atom. The molecule has 3 aromatic rings. The van der Waals surface area contributed by atoms with Gasteiger partial charge < -0.3 is 18.6 Å². The van der Waals surface area contributed by atoms with Gasteiger partial charge in [0.05, 0.1) is 10.6 Å². The molecule has 2 heterocycles. The van der Waals surface area contributed by atoms with Gasteiger partial charge in [0, 0.05) is 13.8 Å². The van der Waals surface area contributed by atoms with E-state index < -0.39 is 17.7 Å². The van der Waals surface area contributed by atoms with Crippen LogP contribution in [-0.2, 0) is 25.7 Å². The summed E-state index contributed by atoms with van der Waals surface area (Å²) in [5, 5.41) is 0.556. The molecule has 4 rings (SSSR count). The lowest BCUT2D eigenvalue weighted by molar-refractivity contribution is -0.222. The number of carbonyl (C=O) groups is 2. The van der Waals surface area contributed by atoms with Crippen LogP contribution >= 0.6 is 11.6 Å². The molecular weight excluding hydrogens is 434 g/mol. The van der Waals surface area contributed by atoms with Gasteiger partial charge in [0.1, 0.15) is 29.4 Å². The average Bonchev–Trinajstić information content (AvgIpc) is 3.10. The average molecular weight is 454 g/mol. The molecule has 0 unspecified atom stereocenters. The summed E-state index contributed by atoms with van der Waals surface area (Å²) >= 11 is 6.22. The number of cyclic esters (lactones) is 2. The number of esters is 2. The van der Waals surface area contributed by atoms with E-state index in [1.54, 1.807) is 30.3 Å². The predicted octanol–water partition coefficient (Wildman–Crippen LogP) is 5.10. The van der Waals surface area contributed by atoms with Crippen molar-refractivity contribution in [3.05, 3.63) is 76.1 Å². The van der Waals surface area contributed by atoms with Crippen LogP contribution in [-0.4, -0.2) is 22.7 Å². The number of aromatic nitrogens is 1. The van der Waals surface area contributed by atoms with Crippen LogP contribution in [0, 0.1) is 6.92 Å². The van der Waals surface area contributed by atoms with Crippen molar-refractivity contribution in [1.29, 1.82) is 0 Å². The van der Waals surface area contributed by atoms with Gasteiger partial charge in [0.25, 0.3) is 5.79 Å². The monoisotopic (exact) mass is 453 g/mol. The maximum atomic E-state index is 12.1. The number of oxazole rings is 1. The summed E-state index contributed by atoms with van der Waals surface area (Å²) in [7, 11) is 0. The van der Waals surface area contributed by atoms with Crippen LogP contribution < -0.4 is 4.74 Å². The highest BCUT2D eigenvalue weighted by molar-refractivity contribution is 6.33. The Labute approximate surface area is 189 Å². The minimum atomic E-state index is -1.27. The maximum Gasteiger partial charge on any atom is 0.348 e. The van der Waals surface area contributed by atoms with E-state index in [2.05, 4.69) is 4.98 Å². The zero-order valence-electron chi connectivity index (χ0n) is 17.7. The van der Waals surface area contributed by atoms with Gasteiger partial charge in [-0.05, 0) is 42.8 Å². The third-order valence-electron chi connectivity index (χ3n) is 4.68. The van der Waals surface area contributed by atoms with Crippen molar-refractivity contribution in [1.82, 2.24) is 4.98 Å². The van der Waals surface area contributed by atoms with E-state index >= 15 is 0 Å². The number of hydrogen-bond acceptors (Lipinski definition) is 7. The lowest BCUT2D eigenvalue weighted by Crippen LogP contribution is -2.41. The minimum absolute atomic E-state index is 0.164. The first kappa shape index (κ1) is 21.6. The minimum Gasteiger partial charge on any atom is -0.487 e. The van der Waals surface area contributed by atoms with E-state index in [0.29, 0.717) is 39.2 Å². The lowest BCUT2D eigenvalue weighted by atomic mass is 10.1. The summed E-state index contributed by atoms with van der Waals surface area (Å²) in [5.74, 6) is -1.05. The fourth-order valence-corrected chi connectivity index (χ4v) is 3.29. The van der Waals surface area contributed by atoms with Crippen molar-refractivity contribution in [2.75, 3.05) is 0 Å². The Morgan fingerprint density at radius 1 is 1.03 bits per heavy atom. The molecule has 1 aliphatic heterocycles. The summed E-state index contributed by atoms with van der Waals surface area (Å²) in [6.45, 7) is 5.01. The summed E-state index contributed by atoms with van der Waals surface area (Å²) in [5.41, 5.74) is 1.83. The molecule has 0 bridgehead atoms. The Hall–Kier alpha value is -3.58. The van der Waals surface area contributed by atoms with Crippen LogP contribution in [0.15, 0.2) is 58.5 Å². The first-order valence-electron chi connectivity index (χ1n) is 9.84. The van der Waals surface area contributed by atoms with Crippen LogP contribution in [0.25, 0.3) is 17.5 Å². The molecule has 164 valence electrons. The molecule has 8 heteroatoms. The normalized spacial score (nSPS) is 15.2. The second-order valence-corrected chi connectivity index (χ2v) is 8.00. The maximum absolute atomic E-state index is 12.1. The lowest BCUT2D eigenvalue weighted by Gasteiger charge is -2.29. The molecule has 0 saturated carbocycles. The van der Waals surface area contributed by atoms with Crippen molar-refractivity contribution in [3.63, 3.8) is 0 Å². The van der Waals surface area contributed by atoms with E-state index in [1.807, 2.05) is 25.1 Å². The number of carbonyl (C=O) groups excluding carboxylic acids is 2. The van der Waals surface area contributed by atoms with Crippen LogP contribution in [0.3, 0.4) is 0 Å². The fourth-order valence-electron chi connectivity index (χ4n) is 3.07. The van der Waals surface area contributed by atoms with Crippen LogP contribution in [0.4, 0.5) is 0 Å². The highest BCUT2D eigenvalue weighted by Gasteiger charge is 2.38. The number of halogens is 1. The Kier molecular flexibility index (Phi) is 5.76. The largest absolute Gasteiger partial charge is 0.487 e. The molecular formula is C24H20ClNO6. The smallest absolute Gasteiger partial charge is 0.348 e. The van der Waals surface area contributed by atoms with Crippen LogP contribution in [0.2, 0.25) is 5.02 Å². The summed E-state index contributed by atoms with van der Waals surface area (Å²) in [4.78, 5) is 28.6. The summed E-state index contributed by atoms with van der Waals surface area (Å²) in [6.07, 6.45) is 1.42. The molecule has 1 fully saturated rings. The zero-order valence-corrected chi connectivity index (χ0v) is 18.4. The number of rotatable bonds is 5. The van der Waals surface area contributed by atoms with Gasteiger partial charge in [-0.1, -0.05) is 35.9 Å². The second kappa shape index (κ2) is 8.51. The highest BCUT2D eigenvalue weighted by Crippen LogP contribution is 2.29. The van der Waals surface area contributed by atoms with E-state index in [-0.39, 0.29) is 12.2 Å². The van der Waals surface area contributed by atoms with Gasteiger partial charge in [-0.3, -0.25) is 0 Å². The third-order valence-corrected chi connectivity index (χ3v) is 5.01. The van der Waals surface area contributed by atoms with Gasteiger partial charge in [-0.15, -0.1) is 0 Å². The van der Waals surface area contributed by atoms with Gasteiger partial charge in [-0.2, -0.15) is 0 Å². The van der Waals surface area contributed by atoms with Gasteiger partial charge in [0.15, 0.2) is 0 Å². The highest BCUT2D eigenvalue weighted by atomic mass is 35.5. The van der Waals surface area contributed by atoms with Crippen molar-refractivity contribution in [2.24, 2.45) is 0 Å². The molecule has 7 nitrogen and oxygen atoms in total. The number of aryl methyl sites for hydroxylation is 1. The number of hydrogen-bond donors (Lipinski definition) is 0. The summed E-state index contributed by atoms with van der Waals surface area (Å²) in [6, 6.07) is 14.2. The predicted molar refractivity (Wildman–Crippen MR) is 117 cm³/mol. The number of nitrogens with zero attached hydrogens (tertiary/aromatic N) is 1. The molecule has 1 saturated heterocycles. The molecule has 0 radical (unpaired) electrons. The molecule has 0 atom stereocenters. The van der Waals surface area contributed by atoms with Crippen molar-refractivity contribution >= 4 is 29.6 Å². The van der Waals surface area contributed by atoms with Gasteiger partial charge >= 0.3 is 11.9 Å². The third kappa shape index (κ3) is 4.68. The molecule has 1 aromatic heterocycles. The first-order valence-corrected chi connectivity index (χ1v) is 10.2. The molecule has 0 spiro atoms. The zero-order chi connectivity index (χ0) is 22.9. The first-order chi connectivity index (χ1) is 15.2. The quantitative estimate of drug-likeness (QED) is 0.301. The molecule has 0 amide bonds.